The van der Waals surface area contributed by atoms with E-state index in [0.717, 1.165) is 19.4 Å². The number of hydrogen-bond acceptors (Lipinski definition) is 6. The molecule has 2 atom stereocenters. The predicted molar refractivity (Wildman–Crippen MR) is 89.5 cm³/mol. The van der Waals surface area contributed by atoms with Crippen molar-refractivity contribution in [2.45, 2.75) is 50.4 Å². The van der Waals surface area contributed by atoms with Crippen LogP contribution in [0.25, 0.3) is 0 Å². The molecule has 138 valence electrons. The molecule has 1 amide bonds. The van der Waals surface area contributed by atoms with Crippen molar-refractivity contribution in [3.63, 3.8) is 0 Å². The second-order valence-corrected chi connectivity index (χ2v) is 9.56. The minimum Gasteiger partial charge on any atom is -0.376 e. The molecule has 0 bridgehead atoms. The molecule has 0 aromatic rings. The maximum absolute atomic E-state index is 12.7. The van der Waals surface area contributed by atoms with Gasteiger partial charge in [-0.2, -0.15) is 0 Å². The molecule has 3 rings (SSSR count). The lowest BCUT2D eigenvalue weighted by Gasteiger charge is -2.45. The van der Waals surface area contributed by atoms with Crippen molar-refractivity contribution in [2.75, 3.05) is 44.4 Å². The smallest absolute Gasteiger partial charge is 0.251 e. The van der Waals surface area contributed by atoms with E-state index in [2.05, 4.69) is 0 Å². The molecule has 3 aliphatic heterocycles. The molecular formula is C16H28N2O5S. The van der Waals surface area contributed by atoms with Crippen molar-refractivity contribution < 1.29 is 23.2 Å². The number of ether oxygens (including phenoxy) is 3. The van der Waals surface area contributed by atoms with Crippen LogP contribution in [0.5, 0.6) is 0 Å². The molecule has 0 aromatic carbocycles. The van der Waals surface area contributed by atoms with Crippen molar-refractivity contribution in [1.82, 2.24) is 4.90 Å². The van der Waals surface area contributed by atoms with E-state index in [0.29, 0.717) is 50.7 Å². The number of morpholine rings is 1. The van der Waals surface area contributed by atoms with Crippen LogP contribution in [-0.4, -0.2) is 77.2 Å². The van der Waals surface area contributed by atoms with Crippen LogP contribution in [0.1, 0.15) is 32.6 Å². The van der Waals surface area contributed by atoms with E-state index >= 15 is 0 Å². The quantitative estimate of drug-likeness (QED) is 0.808. The first kappa shape index (κ1) is 18.1. The maximum atomic E-state index is 12.7. The molecule has 1 N–H and O–H groups in total. The Hall–Kier alpha value is -0.700. The van der Waals surface area contributed by atoms with E-state index in [9.17, 15) is 9.00 Å². The summed E-state index contributed by atoms with van der Waals surface area (Å²) in [5.74, 6) is 0.702. The fourth-order valence-electron chi connectivity index (χ4n) is 3.62. The van der Waals surface area contributed by atoms with Crippen LogP contribution in [0, 0.1) is 4.78 Å². The van der Waals surface area contributed by atoms with E-state index in [4.69, 9.17) is 19.0 Å². The van der Waals surface area contributed by atoms with Gasteiger partial charge in [-0.1, -0.05) is 0 Å². The van der Waals surface area contributed by atoms with Crippen LogP contribution < -0.4 is 0 Å². The molecule has 8 heteroatoms. The first-order valence-corrected chi connectivity index (χ1v) is 10.7. The molecule has 1 spiro atoms. The summed E-state index contributed by atoms with van der Waals surface area (Å²) < 4.78 is 36.8. The molecule has 0 radical (unpaired) electrons. The van der Waals surface area contributed by atoms with Gasteiger partial charge in [-0.3, -0.25) is 9.57 Å². The Bertz CT molecular complexity index is 545. The van der Waals surface area contributed by atoms with Crippen LogP contribution in [0.2, 0.25) is 0 Å². The lowest BCUT2D eigenvalue weighted by Crippen LogP contribution is -2.58. The normalized spacial score (nSPS) is 38.4. The van der Waals surface area contributed by atoms with Gasteiger partial charge in [0.1, 0.15) is 6.10 Å². The molecule has 24 heavy (non-hydrogen) atoms. The van der Waals surface area contributed by atoms with Gasteiger partial charge in [0.25, 0.3) is 5.91 Å². The Morgan fingerprint density at radius 1 is 1.42 bits per heavy atom. The van der Waals surface area contributed by atoms with Crippen LogP contribution in [0.15, 0.2) is 0 Å². The summed E-state index contributed by atoms with van der Waals surface area (Å²) in [5.41, 5.74) is -0.426. The van der Waals surface area contributed by atoms with Crippen LogP contribution in [0.3, 0.4) is 0 Å². The summed E-state index contributed by atoms with van der Waals surface area (Å²) >= 11 is 0. The molecule has 0 aliphatic carbocycles. The highest BCUT2D eigenvalue weighted by Crippen LogP contribution is 2.31. The van der Waals surface area contributed by atoms with Gasteiger partial charge in [0, 0.05) is 40.9 Å². The van der Waals surface area contributed by atoms with E-state index in [1.165, 1.54) is 0 Å². The number of nitrogens with one attached hydrogen (secondary N) is 1. The largest absolute Gasteiger partial charge is 0.376 e. The van der Waals surface area contributed by atoms with Gasteiger partial charge in [-0.25, -0.2) is 4.21 Å². The highest BCUT2D eigenvalue weighted by Gasteiger charge is 2.42. The monoisotopic (exact) mass is 360 g/mol. The zero-order valence-electron chi connectivity index (χ0n) is 14.3. The number of hydrogen-bond donors (Lipinski definition) is 1. The fraction of sp³-hybridized carbons (Fsp3) is 0.938. The van der Waals surface area contributed by atoms with Gasteiger partial charge in [-0.05, 0) is 32.6 Å². The summed E-state index contributed by atoms with van der Waals surface area (Å²) in [7, 11) is -2.45. The average molecular weight is 360 g/mol. The predicted octanol–water partition coefficient (Wildman–Crippen LogP) is 1.01. The highest BCUT2D eigenvalue weighted by atomic mass is 32.2. The maximum Gasteiger partial charge on any atom is 0.251 e. The van der Waals surface area contributed by atoms with E-state index in [-0.39, 0.29) is 12.0 Å². The van der Waals surface area contributed by atoms with Crippen LogP contribution in [0.4, 0.5) is 0 Å². The molecule has 3 saturated heterocycles. The van der Waals surface area contributed by atoms with E-state index < -0.39 is 21.4 Å². The number of rotatable bonds is 4. The Balaban J connectivity index is 1.52. The van der Waals surface area contributed by atoms with E-state index in [1.54, 1.807) is 11.8 Å². The van der Waals surface area contributed by atoms with E-state index in [1.807, 2.05) is 0 Å². The number of amides is 1. The first-order chi connectivity index (χ1) is 11.4. The second kappa shape index (κ2) is 7.27. The molecule has 3 aliphatic rings. The standard InChI is InChI=1S/C16H28N2O5S/c1-13(22-11-14-3-2-7-21-14)15(19)18-6-8-23-16(12-18)4-9-24(17,20)10-5-16/h13-14,17H,2-12H2,1H3. The van der Waals surface area contributed by atoms with Crippen molar-refractivity contribution in [2.24, 2.45) is 0 Å². The van der Waals surface area contributed by atoms with Crippen molar-refractivity contribution in [3.05, 3.63) is 0 Å². The Labute approximate surface area is 144 Å². The molecule has 0 aromatic heterocycles. The van der Waals surface area contributed by atoms with Crippen molar-refractivity contribution >= 4 is 15.6 Å². The van der Waals surface area contributed by atoms with Crippen LogP contribution >= 0.6 is 0 Å². The average Bonchev–Trinajstić information content (AvgIpc) is 3.09. The minimum atomic E-state index is -2.45. The van der Waals surface area contributed by atoms with Gasteiger partial charge in [0.05, 0.1) is 24.9 Å². The Morgan fingerprint density at radius 2 is 2.17 bits per heavy atom. The zero-order chi connectivity index (χ0) is 17.2. The van der Waals surface area contributed by atoms with Gasteiger partial charge in [-0.15, -0.1) is 0 Å². The third-order valence-corrected chi connectivity index (χ3v) is 6.97. The van der Waals surface area contributed by atoms with Gasteiger partial charge < -0.3 is 19.1 Å². The molecule has 7 nitrogen and oxygen atoms in total. The molecule has 2 unspecified atom stereocenters. The number of carbonyl (C=O) groups is 1. The lowest BCUT2D eigenvalue weighted by atomic mass is 9.94. The minimum absolute atomic E-state index is 0.0205. The molecular weight excluding hydrogens is 332 g/mol. The summed E-state index contributed by atoms with van der Waals surface area (Å²) in [6.07, 6.45) is 2.84. The van der Waals surface area contributed by atoms with Crippen molar-refractivity contribution in [3.8, 4) is 0 Å². The van der Waals surface area contributed by atoms with Gasteiger partial charge in [0.15, 0.2) is 0 Å². The Kier molecular flexibility index (Phi) is 5.48. The lowest BCUT2D eigenvalue weighted by molar-refractivity contribution is -0.163. The van der Waals surface area contributed by atoms with Crippen LogP contribution in [-0.2, 0) is 28.7 Å². The SMILES string of the molecule is CC(OCC1CCCO1)C(=O)N1CCOC2(CCS(=N)(=O)CC2)C1. The number of nitrogens with zero attached hydrogens (tertiary/aromatic N) is 1. The van der Waals surface area contributed by atoms with Gasteiger partial charge >= 0.3 is 0 Å². The fourth-order valence-corrected chi connectivity index (χ4v) is 5.23. The Morgan fingerprint density at radius 3 is 2.83 bits per heavy atom. The molecule has 3 fully saturated rings. The number of carbonyl (C=O) groups excluding carboxylic acids is 1. The van der Waals surface area contributed by atoms with Gasteiger partial charge in [0.2, 0.25) is 0 Å². The molecule has 3 heterocycles. The zero-order valence-corrected chi connectivity index (χ0v) is 15.1. The summed E-state index contributed by atoms with van der Waals surface area (Å²) in [5, 5.41) is 0. The molecule has 0 saturated carbocycles. The van der Waals surface area contributed by atoms with Crippen molar-refractivity contribution in [1.29, 1.82) is 4.78 Å². The third-order valence-electron chi connectivity index (χ3n) is 5.24. The summed E-state index contributed by atoms with van der Waals surface area (Å²) in [6.45, 7) is 4.59. The first-order valence-electron chi connectivity index (χ1n) is 8.79. The summed E-state index contributed by atoms with van der Waals surface area (Å²) in [4.78, 5) is 14.5. The highest BCUT2D eigenvalue weighted by molar-refractivity contribution is 7.92. The summed E-state index contributed by atoms with van der Waals surface area (Å²) in [6, 6.07) is 0. The second-order valence-electron chi connectivity index (χ2n) is 7.12. The third kappa shape index (κ3) is 4.28. The topological polar surface area (TPSA) is 88.9 Å².